The van der Waals surface area contributed by atoms with Crippen molar-refractivity contribution >= 4 is 0 Å². The Labute approximate surface area is 65.6 Å². The van der Waals surface area contributed by atoms with Gasteiger partial charge in [0.2, 0.25) is 0 Å². The summed E-state index contributed by atoms with van der Waals surface area (Å²) in [5, 5.41) is 0. The lowest BCUT2D eigenvalue weighted by molar-refractivity contribution is -0.896. The van der Waals surface area contributed by atoms with Gasteiger partial charge in [0.1, 0.15) is 0 Å². The standard InChI is InChI=1S/C9H22N/c1-6-8-9(7-2)10(3,4)5/h9H,6-8H2,1-5H3/q+1. The van der Waals surface area contributed by atoms with Crippen molar-refractivity contribution in [1.29, 1.82) is 0 Å². The summed E-state index contributed by atoms with van der Waals surface area (Å²) in [4.78, 5) is 0. The topological polar surface area (TPSA) is 0 Å². The molecule has 0 radical (unpaired) electrons. The molecule has 0 spiro atoms. The quantitative estimate of drug-likeness (QED) is 0.531. The van der Waals surface area contributed by atoms with Crippen molar-refractivity contribution in [2.75, 3.05) is 21.1 Å². The number of hydrogen-bond acceptors (Lipinski definition) is 0. The van der Waals surface area contributed by atoms with E-state index in [1.54, 1.807) is 0 Å². The van der Waals surface area contributed by atoms with Crippen molar-refractivity contribution < 1.29 is 4.48 Å². The average Bonchev–Trinajstić information content (AvgIpc) is 1.80. The number of quaternary nitrogens is 1. The second-order valence-electron chi connectivity index (χ2n) is 3.97. The Morgan fingerprint density at radius 3 is 1.70 bits per heavy atom. The maximum Gasteiger partial charge on any atom is 0.0881 e. The van der Waals surface area contributed by atoms with Crippen LogP contribution >= 0.6 is 0 Å². The zero-order valence-corrected chi connectivity index (χ0v) is 8.15. The van der Waals surface area contributed by atoms with Crippen LogP contribution in [0, 0.1) is 0 Å². The van der Waals surface area contributed by atoms with Crippen LogP contribution < -0.4 is 0 Å². The Morgan fingerprint density at radius 2 is 1.60 bits per heavy atom. The first-order valence-corrected chi connectivity index (χ1v) is 4.33. The fraction of sp³-hybridized carbons (Fsp3) is 1.00. The van der Waals surface area contributed by atoms with E-state index in [0.717, 1.165) is 10.5 Å². The van der Waals surface area contributed by atoms with Crippen molar-refractivity contribution in [3.05, 3.63) is 0 Å². The molecule has 0 aromatic carbocycles. The minimum absolute atomic E-state index is 0.852. The van der Waals surface area contributed by atoms with E-state index >= 15 is 0 Å². The number of rotatable bonds is 4. The minimum Gasteiger partial charge on any atom is -0.328 e. The van der Waals surface area contributed by atoms with Gasteiger partial charge in [0.15, 0.2) is 0 Å². The third-order valence-corrected chi connectivity index (χ3v) is 2.19. The highest BCUT2D eigenvalue weighted by Crippen LogP contribution is 2.12. The second-order valence-corrected chi connectivity index (χ2v) is 3.97. The SMILES string of the molecule is CCCC(CC)[N+](C)(C)C. The molecule has 0 N–H and O–H groups in total. The van der Waals surface area contributed by atoms with Crippen LogP contribution in [-0.2, 0) is 0 Å². The summed E-state index contributed by atoms with van der Waals surface area (Å²) >= 11 is 0. The maximum absolute atomic E-state index is 2.28. The molecule has 0 bridgehead atoms. The van der Waals surface area contributed by atoms with Gasteiger partial charge in [-0.15, -0.1) is 0 Å². The van der Waals surface area contributed by atoms with Crippen molar-refractivity contribution in [3.8, 4) is 0 Å². The van der Waals surface area contributed by atoms with Crippen LogP contribution in [0.25, 0.3) is 0 Å². The van der Waals surface area contributed by atoms with E-state index in [1.807, 2.05) is 0 Å². The van der Waals surface area contributed by atoms with Gasteiger partial charge in [0, 0.05) is 0 Å². The van der Waals surface area contributed by atoms with Crippen LogP contribution in [0.1, 0.15) is 33.1 Å². The summed E-state index contributed by atoms with van der Waals surface area (Å²) in [5.41, 5.74) is 0. The molecule has 1 nitrogen and oxygen atoms in total. The molecule has 0 aromatic heterocycles. The van der Waals surface area contributed by atoms with Gasteiger partial charge in [0.05, 0.1) is 27.2 Å². The fourth-order valence-corrected chi connectivity index (χ4v) is 1.47. The average molecular weight is 144 g/mol. The van der Waals surface area contributed by atoms with E-state index in [9.17, 15) is 0 Å². The molecule has 0 rings (SSSR count). The van der Waals surface area contributed by atoms with E-state index in [2.05, 4.69) is 35.0 Å². The molecular weight excluding hydrogens is 122 g/mol. The van der Waals surface area contributed by atoms with Crippen molar-refractivity contribution in [1.82, 2.24) is 0 Å². The van der Waals surface area contributed by atoms with E-state index in [0.29, 0.717) is 0 Å². The first-order chi connectivity index (χ1) is 4.52. The zero-order chi connectivity index (χ0) is 8.20. The van der Waals surface area contributed by atoms with Crippen LogP contribution in [0.15, 0.2) is 0 Å². The van der Waals surface area contributed by atoms with Gasteiger partial charge in [0.25, 0.3) is 0 Å². The smallest absolute Gasteiger partial charge is 0.0881 e. The van der Waals surface area contributed by atoms with Gasteiger partial charge in [-0.1, -0.05) is 20.3 Å². The fourth-order valence-electron chi connectivity index (χ4n) is 1.47. The third kappa shape index (κ3) is 3.21. The Kier molecular flexibility index (Phi) is 3.95. The molecule has 0 amide bonds. The van der Waals surface area contributed by atoms with Gasteiger partial charge in [-0.25, -0.2) is 0 Å². The van der Waals surface area contributed by atoms with E-state index in [4.69, 9.17) is 0 Å². The molecule has 1 heteroatoms. The summed E-state index contributed by atoms with van der Waals surface area (Å²) < 4.78 is 1.12. The van der Waals surface area contributed by atoms with Gasteiger partial charge in [-0.05, 0) is 12.8 Å². The lowest BCUT2D eigenvalue weighted by atomic mass is 10.1. The highest BCUT2D eigenvalue weighted by atomic mass is 15.3. The van der Waals surface area contributed by atoms with Crippen LogP contribution in [0.4, 0.5) is 0 Å². The minimum atomic E-state index is 0.852. The summed E-state index contributed by atoms with van der Waals surface area (Å²) in [7, 11) is 6.84. The Balaban J connectivity index is 3.81. The molecule has 10 heavy (non-hydrogen) atoms. The zero-order valence-electron chi connectivity index (χ0n) is 8.15. The predicted molar refractivity (Wildman–Crippen MR) is 47.0 cm³/mol. The second kappa shape index (κ2) is 3.97. The number of hydrogen-bond donors (Lipinski definition) is 0. The summed E-state index contributed by atoms with van der Waals surface area (Å²) in [6.45, 7) is 4.54. The van der Waals surface area contributed by atoms with Crippen LogP contribution in [0.5, 0.6) is 0 Å². The first-order valence-electron chi connectivity index (χ1n) is 4.33. The van der Waals surface area contributed by atoms with Crippen molar-refractivity contribution in [2.45, 2.75) is 39.2 Å². The van der Waals surface area contributed by atoms with Crippen LogP contribution in [0.3, 0.4) is 0 Å². The molecule has 0 aromatic rings. The maximum atomic E-state index is 2.28. The molecule has 1 atom stereocenters. The molecule has 0 aliphatic carbocycles. The van der Waals surface area contributed by atoms with Gasteiger partial charge < -0.3 is 4.48 Å². The Bertz CT molecular complexity index is 81.2. The lowest BCUT2D eigenvalue weighted by Gasteiger charge is -2.33. The van der Waals surface area contributed by atoms with Crippen molar-refractivity contribution in [3.63, 3.8) is 0 Å². The lowest BCUT2D eigenvalue weighted by Crippen LogP contribution is -2.44. The van der Waals surface area contributed by atoms with Crippen LogP contribution in [-0.4, -0.2) is 31.7 Å². The highest BCUT2D eigenvalue weighted by molar-refractivity contribution is 4.52. The van der Waals surface area contributed by atoms with Gasteiger partial charge >= 0.3 is 0 Å². The molecule has 0 aliphatic heterocycles. The molecular formula is C9H22N+. The summed E-state index contributed by atoms with van der Waals surface area (Å²) in [5.74, 6) is 0. The molecule has 0 saturated heterocycles. The molecule has 0 aliphatic rings. The normalized spacial score (nSPS) is 15.3. The Morgan fingerprint density at radius 1 is 1.10 bits per heavy atom. The first kappa shape index (κ1) is 9.96. The summed E-state index contributed by atoms with van der Waals surface area (Å²) in [6, 6.07) is 0.852. The largest absolute Gasteiger partial charge is 0.328 e. The highest BCUT2D eigenvalue weighted by Gasteiger charge is 2.19. The number of nitrogens with zero attached hydrogens (tertiary/aromatic N) is 1. The summed E-state index contributed by atoms with van der Waals surface area (Å²) in [6.07, 6.45) is 3.98. The monoisotopic (exact) mass is 144 g/mol. The molecule has 1 unspecified atom stereocenters. The Hall–Kier alpha value is -0.0400. The molecule has 0 saturated carbocycles. The van der Waals surface area contributed by atoms with Crippen molar-refractivity contribution in [2.24, 2.45) is 0 Å². The molecule has 62 valence electrons. The molecule has 0 heterocycles. The van der Waals surface area contributed by atoms with Gasteiger partial charge in [-0.3, -0.25) is 0 Å². The van der Waals surface area contributed by atoms with Crippen LogP contribution in [0.2, 0.25) is 0 Å². The molecule has 0 fully saturated rings. The third-order valence-electron chi connectivity index (χ3n) is 2.19. The van der Waals surface area contributed by atoms with Gasteiger partial charge in [-0.2, -0.15) is 0 Å². The van der Waals surface area contributed by atoms with E-state index in [-0.39, 0.29) is 0 Å². The predicted octanol–water partition coefficient (Wildman–Crippen LogP) is 2.27. The van der Waals surface area contributed by atoms with E-state index in [1.165, 1.54) is 19.3 Å². The van der Waals surface area contributed by atoms with E-state index < -0.39 is 0 Å².